The second kappa shape index (κ2) is 5.19. The largest absolute Gasteiger partial charge is 0.507 e. The maximum absolute atomic E-state index is 13.2. The number of phenolic OH excluding ortho intramolecular Hbond substituents is 1. The van der Waals surface area contributed by atoms with E-state index in [0.717, 1.165) is 6.07 Å². The van der Waals surface area contributed by atoms with Gasteiger partial charge in [-0.25, -0.2) is 9.18 Å². The van der Waals surface area contributed by atoms with Crippen molar-refractivity contribution in [3.63, 3.8) is 0 Å². The van der Waals surface area contributed by atoms with E-state index < -0.39 is 17.5 Å². The maximum Gasteiger partial charge on any atom is 0.410 e. The molecular weight excluding hydrogens is 265 g/mol. The van der Waals surface area contributed by atoms with E-state index in [2.05, 4.69) is 0 Å². The lowest BCUT2D eigenvalue weighted by Crippen LogP contribution is -2.37. The van der Waals surface area contributed by atoms with Crippen LogP contribution in [-0.4, -0.2) is 34.9 Å². The third kappa shape index (κ3) is 3.31. The monoisotopic (exact) mass is 283 g/mol. The second-order valence-corrected chi connectivity index (χ2v) is 5.65. The Kier molecular flexibility index (Phi) is 3.74. The molecule has 1 aliphatic heterocycles. The van der Waals surface area contributed by atoms with Crippen molar-refractivity contribution in [2.45, 2.75) is 32.9 Å². The lowest BCUT2D eigenvalue weighted by atomic mass is 10.1. The van der Waals surface area contributed by atoms with E-state index in [9.17, 15) is 14.3 Å². The minimum atomic E-state index is -0.599. The lowest BCUT2D eigenvalue weighted by molar-refractivity contribution is 0.0225. The Morgan fingerprint density at radius 3 is 2.80 bits per heavy atom. The normalized spacial score (nSPS) is 15.1. The summed E-state index contributed by atoms with van der Waals surface area (Å²) in [6.45, 7) is 5.98. The maximum atomic E-state index is 13.2. The van der Waals surface area contributed by atoms with Gasteiger partial charge in [0.15, 0.2) is 0 Å². The van der Waals surface area contributed by atoms with Gasteiger partial charge in [-0.2, -0.15) is 0 Å². The Hall–Kier alpha value is -1.98. The van der Waals surface area contributed by atoms with E-state index in [4.69, 9.17) is 9.47 Å². The molecule has 0 fully saturated rings. The highest BCUT2D eigenvalue weighted by atomic mass is 19.1. The van der Waals surface area contributed by atoms with Crippen LogP contribution in [0.15, 0.2) is 12.1 Å². The van der Waals surface area contributed by atoms with Crippen molar-refractivity contribution in [2.75, 3.05) is 13.2 Å². The highest BCUT2D eigenvalue weighted by Gasteiger charge is 2.26. The molecule has 0 aromatic heterocycles. The van der Waals surface area contributed by atoms with E-state index >= 15 is 0 Å². The van der Waals surface area contributed by atoms with E-state index in [-0.39, 0.29) is 24.7 Å². The van der Waals surface area contributed by atoms with Crippen LogP contribution < -0.4 is 4.74 Å². The standard InChI is InChI=1S/C14H18FNO4/c1-14(2,3)20-13(18)16-4-5-19-12-7-9(15)6-11(17)10(12)8-16/h6-7,17H,4-5,8H2,1-3H3. The molecule has 20 heavy (non-hydrogen) atoms. The molecule has 0 saturated carbocycles. The molecule has 0 bridgehead atoms. The summed E-state index contributed by atoms with van der Waals surface area (Å²) in [6.07, 6.45) is -0.488. The molecule has 0 saturated heterocycles. The zero-order chi connectivity index (χ0) is 14.9. The Bertz CT molecular complexity index is 525. The van der Waals surface area contributed by atoms with E-state index in [1.807, 2.05) is 0 Å². The van der Waals surface area contributed by atoms with Crippen molar-refractivity contribution in [3.05, 3.63) is 23.5 Å². The van der Waals surface area contributed by atoms with Crippen LogP contribution in [0.3, 0.4) is 0 Å². The molecule has 6 heteroatoms. The van der Waals surface area contributed by atoms with Crippen molar-refractivity contribution in [3.8, 4) is 11.5 Å². The van der Waals surface area contributed by atoms with Crippen LogP contribution in [0.5, 0.6) is 11.5 Å². The van der Waals surface area contributed by atoms with Gasteiger partial charge in [0.05, 0.1) is 18.7 Å². The molecule has 1 aliphatic rings. The summed E-state index contributed by atoms with van der Waals surface area (Å²) < 4.78 is 23.9. The van der Waals surface area contributed by atoms with Crippen molar-refractivity contribution < 1.29 is 23.8 Å². The third-order valence-corrected chi connectivity index (χ3v) is 2.77. The van der Waals surface area contributed by atoms with Gasteiger partial charge in [0.25, 0.3) is 0 Å². The summed E-state index contributed by atoms with van der Waals surface area (Å²) in [5, 5.41) is 9.80. The number of benzene rings is 1. The van der Waals surface area contributed by atoms with Gasteiger partial charge in [0, 0.05) is 12.1 Å². The van der Waals surface area contributed by atoms with E-state index in [1.54, 1.807) is 20.8 Å². The quantitative estimate of drug-likeness (QED) is 0.795. The number of fused-ring (bicyclic) bond motifs is 1. The van der Waals surface area contributed by atoms with Gasteiger partial charge in [-0.3, -0.25) is 0 Å². The van der Waals surface area contributed by atoms with Crippen molar-refractivity contribution >= 4 is 6.09 Å². The predicted molar refractivity (Wildman–Crippen MR) is 70.2 cm³/mol. The number of hydrogen-bond donors (Lipinski definition) is 1. The minimum Gasteiger partial charge on any atom is -0.507 e. The number of carbonyl (C=O) groups excluding carboxylic acids is 1. The molecular formula is C14H18FNO4. The summed E-state index contributed by atoms with van der Waals surface area (Å²) in [4.78, 5) is 13.5. The molecule has 1 amide bonds. The lowest BCUT2D eigenvalue weighted by Gasteiger charge is -2.26. The summed E-state index contributed by atoms with van der Waals surface area (Å²) in [5.41, 5.74) is -0.215. The number of aromatic hydroxyl groups is 1. The fourth-order valence-electron chi connectivity index (χ4n) is 1.90. The van der Waals surface area contributed by atoms with Crippen LogP contribution in [0.2, 0.25) is 0 Å². The van der Waals surface area contributed by atoms with Crippen LogP contribution in [-0.2, 0) is 11.3 Å². The molecule has 1 N–H and O–H groups in total. The summed E-state index contributed by atoms with van der Waals surface area (Å²) in [5.74, 6) is -0.545. The van der Waals surface area contributed by atoms with Gasteiger partial charge in [-0.1, -0.05) is 0 Å². The van der Waals surface area contributed by atoms with Crippen molar-refractivity contribution in [1.82, 2.24) is 4.90 Å². The molecule has 1 aromatic carbocycles. The highest BCUT2D eigenvalue weighted by Crippen LogP contribution is 2.32. The van der Waals surface area contributed by atoms with Crippen LogP contribution in [0.4, 0.5) is 9.18 Å². The number of rotatable bonds is 0. The first-order valence-electron chi connectivity index (χ1n) is 6.38. The average molecular weight is 283 g/mol. The second-order valence-electron chi connectivity index (χ2n) is 5.65. The van der Waals surface area contributed by atoms with Gasteiger partial charge < -0.3 is 19.5 Å². The molecule has 1 heterocycles. The highest BCUT2D eigenvalue weighted by molar-refractivity contribution is 5.68. The fraction of sp³-hybridized carbons (Fsp3) is 0.500. The van der Waals surface area contributed by atoms with Crippen molar-refractivity contribution in [2.24, 2.45) is 0 Å². The molecule has 0 radical (unpaired) electrons. The predicted octanol–water partition coefficient (Wildman–Crippen LogP) is 2.66. The Morgan fingerprint density at radius 2 is 2.15 bits per heavy atom. The molecule has 0 spiro atoms. The van der Waals surface area contributed by atoms with Crippen molar-refractivity contribution in [1.29, 1.82) is 0 Å². The number of halogens is 1. The van der Waals surface area contributed by atoms with Gasteiger partial charge in [0.1, 0.15) is 29.5 Å². The van der Waals surface area contributed by atoms with Gasteiger partial charge in [-0.05, 0) is 20.8 Å². The number of carbonyl (C=O) groups is 1. The first kappa shape index (κ1) is 14.4. The number of phenols is 1. The van der Waals surface area contributed by atoms with E-state index in [0.29, 0.717) is 12.1 Å². The number of ether oxygens (including phenoxy) is 2. The Balaban J connectivity index is 2.22. The van der Waals surface area contributed by atoms with Crippen LogP contribution in [0.25, 0.3) is 0 Å². The molecule has 2 rings (SSSR count). The molecule has 0 aliphatic carbocycles. The number of amides is 1. The van der Waals surface area contributed by atoms with Crippen LogP contribution >= 0.6 is 0 Å². The number of nitrogens with zero attached hydrogens (tertiary/aromatic N) is 1. The van der Waals surface area contributed by atoms with Crippen LogP contribution in [0.1, 0.15) is 26.3 Å². The zero-order valence-electron chi connectivity index (χ0n) is 11.8. The Labute approximate surface area is 116 Å². The first-order chi connectivity index (χ1) is 9.26. The number of hydrogen-bond acceptors (Lipinski definition) is 4. The average Bonchev–Trinajstić information content (AvgIpc) is 2.49. The SMILES string of the molecule is CC(C)(C)OC(=O)N1CCOc2cc(F)cc(O)c2C1. The smallest absolute Gasteiger partial charge is 0.410 e. The summed E-state index contributed by atoms with van der Waals surface area (Å²) in [7, 11) is 0. The van der Waals surface area contributed by atoms with E-state index in [1.165, 1.54) is 11.0 Å². The van der Waals surface area contributed by atoms with Gasteiger partial charge in [-0.15, -0.1) is 0 Å². The first-order valence-corrected chi connectivity index (χ1v) is 6.38. The minimum absolute atomic E-state index is 0.121. The fourth-order valence-corrected chi connectivity index (χ4v) is 1.90. The third-order valence-electron chi connectivity index (χ3n) is 2.77. The molecule has 0 atom stereocenters. The molecule has 1 aromatic rings. The Morgan fingerprint density at radius 1 is 1.45 bits per heavy atom. The topological polar surface area (TPSA) is 59.0 Å². The summed E-state index contributed by atoms with van der Waals surface area (Å²) in [6, 6.07) is 2.20. The zero-order valence-corrected chi connectivity index (χ0v) is 11.8. The van der Waals surface area contributed by atoms with Gasteiger partial charge in [0.2, 0.25) is 0 Å². The molecule has 110 valence electrons. The summed E-state index contributed by atoms with van der Waals surface area (Å²) >= 11 is 0. The molecule has 5 nitrogen and oxygen atoms in total. The van der Waals surface area contributed by atoms with Gasteiger partial charge >= 0.3 is 6.09 Å². The van der Waals surface area contributed by atoms with Crippen LogP contribution in [0, 0.1) is 5.82 Å². The molecule has 0 unspecified atom stereocenters.